The summed E-state index contributed by atoms with van der Waals surface area (Å²) in [5.41, 5.74) is 5.68. The minimum Gasteiger partial charge on any atom is -0.384 e. The summed E-state index contributed by atoms with van der Waals surface area (Å²) in [4.78, 5) is 15.7. The molecule has 1 rings (SSSR count). The highest BCUT2D eigenvalue weighted by molar-refractivity contribution is 6.33. The van der Waals surface area contributed by atoms with E-state index >= 15 is 0 Å². The van der Waals surface area contributed by atoms with Crippen LogP contribution < -0.4 is 11.1 Å². The van der Waals surface area contributed by atoms with Gasteiger partial charge in [0, 0.05) is 19.8 Å². The number of anilines is 1. The predicted octanol–water partition coefficient (Wildman–Crippen LogP) is 2.25. The first-order valence-electron chi connectivity index (χ1n) is 6.43. The number of hydrogen-bond donors (Lipinski definition) is 2. The van der Waals surface area contributed by atoms with Gasteiger partial charge in [-0.2, -0.15) is 0 Å². The van der Waals surface area contributed by atoms with Gasteiger partial charge in [0.15, 0.2) is 0 Å². The first-order chi connectivity index (χ1) is 9.15. The summed E-state index contributed by atoms with van der Waals surface area (Å²) in [6.07, 6.45) is 2.95. The topological polar surface area (TPSA) is 77.2 Å². The Labute approximate surface area is 118 Å². The van der Waals surface area contributed by atoms with E-state index in [1.165, 1.54) is 0 Å². The van der Waals surface area contributed by atoms with Gasteiger partial charge in [-0.15, -0.1) is 0 Å². The highest BCUT2D eigenvalue weighted by Gasteiger charge is 2.11. The van der Waals surface area contributed by atoms with Crippen molar-refractivity contribution in [3.05, 3.63) is 22.8 Å². The average Bonchev–Trinajstić information content (AvgIpc) is 2.40. The number of halogens is 1. The van der Waals surface area contributed by atoms with Crippen LogP contribution in [0, 0.1) is 0 Å². The van der Waals surface area contributed by atoms with E-state index < -0.39 is 0 Å². The van der Waals surface area contributed by atoms with Crippen LogP contribution in [0.15, 0.2) is 12.1 Å². The molecule has 19 heavy (non-hydrogen) atoms. The quantitative estimate of drug-likeness (QED) is 0.718. The van der Waals surface area contributed by atoms with Crippen molar-refractivity contribution >= 4 is 23.3 Å². The first kappa shape index (κ1) is 15.7. The second-order valence-corrected chi connectivity index (χ2v) is 4.55. The molecule has 0 bridgehead atoms. The molecule has 0 atom stereocenters. The van der Waals surface area contributed by atoms with Crippen LogP contribution in [0.2, 0.25) is 5.02 Å². The Bertz CT molecular complexity index is 413. The van der Waals surface area contributed by atoms with Crippen LogP contribution in [0.3, 0.4) is 0 Å². The van der Waals surface area contributed by atoms with Gasteiger partial charge in [0.25, 0.3) is 5.91 Å². The highest BCUT2D eigenvalue weighted by Crippen LogP contribution is 2.14. The fraction of sp³-hybridized carbons (Fsp3) is 0.538. The van der Waals surface area contributed by atoms with Crippen molar-refractivity contribution in [1.29, 1.82) is 0 Å². The van der Waals surface area contributed by atoms with Crippen molar-refractivity contribution in [2.45, 2.75) is 26.2 Å². The zero-order valence-corrected chi connectivity index (χ0v) is 11.9. The summed E-state index contributed by atoms with van der Waals surface area (Å²) < 4.78 is 5.39. The number of rotatable bonds is 8. The third kappa shape index (κ3) is 5.89. The van der Waals surface area contributed by atoms with Crippen molar-refractivity contribution in [3.63, 3.8) is 0 Å². The van der Waals surface area contributed by atoms with Crippen LogP contribution in [0.25, 0.3) is 0 Å². The van der Waals surface area contributed by atoms with Gasteiger partial charge in [-0.05, 0) is 25.0 Å². The maximum Gasteiger partial charge on any atom is 0.271 e. The van der Waals surface area contributed by atoms with Crippen molar-refractivity contribution < 1.29 is 9.53 Å². The van der Waals surface area contributed by atoms with Crippen LogP contribution >= 0.6 is 11.6 Å². The Balaban J connectivity index is 2.26. The lowest BCUT2D eigenvalue weighted by molar-refractivity contribution is 0.0936. The van der Waals surface area contributed by atoms with Gasteiger partial charge in [0.2, 0.25) is 0 Å². The fourth-order valence-electron chi connectivity index (χ4n) is 1.42. The number of nitrogen functional groups attached to an aromatic ring is 1. The molecular formula is C13H20ClN3O2. The summed E-state index contributed by atoms with van der Waals surface area (Å²) in [5.74, 6) is -0.0386. The third-order valence-corrected chi connectivity index (χ3v) is 2.78. The van der Waals surface area contributed by atoms with E-state index in [4.69, 9.17) is 22.1 Å². The van der Waals surface area contributed by atoms with E-state index in [1.54, 1.807) is 12.1 Å². The number of nitrogens with zero attached hydrogens (tertiary/aromatic N) is 1. The molecule has 106 valence electrons. The Morgan fingerprint density at radius 3 is 2.89 bits per heavy atom. The number of carbonyl (C=O) groups is 1. The minimum atomic E-state index is -0.314. The summed E-state index contributed by atoms with van der Waals surface area (Å²) in [6, 6.07) is 3.12. The summed E-state index contributed by atoms with van der Waals surface area (Å²) in [5, 5.41) is 3.03. The van der Waals surface area contributed by atoms with Gasteiger partial charge >= 0.3 is 0 Å². The molecule has 1 aromatic heterocycles. The zero-order valence-electron chi connectivity index (χ0n) is 11.1. The van der Waals surface area contributed by atoms with Crippen LogP contribution in [-0.2, 0) is 4.74 Å². The van der Waals surface area contributed by atoms with Gasteiger partial charge < -0.3 is 15.8 Å². The zero-order chi connectivity index (χ0) is 14.1. The normalized spacial score (nSPS) is 10.4. The van der Waals surface area contributed by atoms with Crippen LogP contribution in [0.5, 0.6) is 0 Å². The largest absolute Gasteiger partial charge is 0.384 e. The lowest BCUT2D eigenvalue weighted by Crippen LogP contribution is -2.26. The summed E-state index contributed by atoms with van der Waals surface area (Å²) in [6.45, 7) is 4.05. The van der Waals surface area contributed by atoms with Crippen molar-refractivity contribution in [3.8, 4) is 0 Å². The van der Waals surface area contributed by atoms with E-state index in [1.807, 2.05) is 0 Å². The smallest absolute Gasteiger partial charge is 0.271 e. The number of ether oxygens (including phenoxy) is 1. The predicted molar refractivity (Wildman–Crippen MR) is 76.3 cm³/mol. The molecule has 0 spiro atoms. The monoisotopic (exact) mass is 285 g/mol. The van der Waals surface area contributed by atoms with Crippen LogP contribution in [-0.4, -0.2) is 30.6 Å². The number of hydrogen-bond acceptors (Lipinski definition) is 4. The van der Waals surface area contributed by atoms with E-state index in [-0.39, 0.29) is 17.4 Å². The van der Waals surface area contributed by atoms with Crippen molar-refractivity contribution in [2.75, 3.05) is 25.5 Å². The van der Waals surface area contributed by atoms with Crippen molar-refractivity contribution in [1.82, 2.24) is 10.3 Å². The van der Waals surface area contributed by atoms with E-state index in [2.05, 4.69) is 17.2 Å². The van der Waals surface area contributed by atoms with Gasteiger partial charge in [-0.3, -0.25) is 4.79 Å². The molecular weight excluding hydrogens is 266 g/mol. The third-order valence-electron chi connectivity index (χ3n) is 2.48. The van der Waals surface area contributed by atoms with Crippen molar-refractivity contribution in [2.24, 2.45) is 0 Å². The molecule has 6 heteroatoms. The standard InChI is InChI=1S/C13H20ClN3O2/c1-2-3-8-19-9-4-7-16-13(18)12-10(14)5-6-11(15)17-12/h5-6H,2-4,7-9H2,1H3,(H2,15,17)(H,16,18). The molecule has 0 aliphatic heterocycles. The number of unbranched alkanes of at least 4 members (excludes halogenated alkanes) is 1. The second-order valence-electron chi connectivity index (χ2n) is 4.14. The number of pyridine rings is 1. The maximum absolute atomic E-state index is 11.8. The Hall–Kier alpha value is -1.33. The lowest BCUT2D eigenvalue weighted by atomic mass is 10.3. The van der Waals surface area contributed by atoms with Gasteiger partial charge in [-0.25, -0.2) is 4.98 Å². The molecule has 5 nitrogen and oxygen atoms in total. The molecule has 0 radical (unpaired) electrons. The second kappa shape index (κ2) is 8.72. The molecule has 1 amide bonds. The summed E-state index contributed by atoms with van der Waals surface area (Å²) >= 11 is 5.88. The Kier molecular flexibility index (Phi) is 7.22. The SMILES string of the molecule is CCCCOCCCNC(=O)c1nc(N)ccc1Cl. The molecule has 0 saturated heterocycles. The molecule has 1 aromatic rings. The number of amides is 1. The molecule has 0 aliphatic carbocycles. The van der Waals surface area contributed by atoms with E-state index in [0.29, 0.717) is 18.2 Å². The number of nitrogens with one attached hydrogen (secondary N) is 1. The molecule has 0 saturated carbocycles. The Morgan fingerprint density at radius 1 is 1.42 bits per heavy atom. The van der Waals surface area contributed by atoms with Crippen LogP contribution in [0.4, 0.5) is 5.82 Å². The molecule has 0 unspecified atom stereocenters. The number of aromatic nitrogens is 1. The van der Waals surface area contributed by atoms with E-state index in [9.17, 15) is 4.79 Å². The van der Waals surface area contributed by atoms with Gasteiger partial charge in [-0.1, -0.05) is 24.9 Å². The summed E-state index contributed by atoms with van der Waals surface area (Å²) in [7, 11) is 0. The lowest BCUT2D eigenvalue weighted by Gasteiger charge is -2.07. The maximum atomic E-state index is 11.8. The Morgan fingerprint density at radius 2 is 2.16 bits per heavy atom. The minimum absolute atomic E-state index is 0.161. The highest BCUT2D eigenvalue weighted by atomic mass is 35.5. The number of nitrogens with two attached hydrogens (primary N) is 1. The molecule has 0 fully saturated rings. The molecule has 1 heterocycles. The molecule has 0 aromatic carbocycles. The van der Waals surface area contributed by atoms with Gasteiger partial charge in [0.05, 0.1) is 5.02 Å². The fourth-order valence-corrected chi connectivity index (χ4v) is 1.62. The van der Waals surface area contributed by atoms with Gasteiger partial charge in [0.1, 0.15) is 11.5 Å². The average molecular weight is 286 g/mol. The molecule has 0 aliphatic rings. The first-order valence-corrected chi connectivity index (χ1v) is 6.81. The number of carbonyl (C=O) groups excluding carboxylic acids is 1. The van der Waals surface area contributed by atoms with E-state index in [0.717, 1.165) is 25.9 Å². The molecule has 3 N–H and O–H groups in total. The van der Waals surface area contributed by atoms with Crippen LogP contribution in [0.1, 0.15) is 36.7 Å².